The maximum absolute atomic E-state index is 14.0. The molecule has 0 aliphatic heterocycles. The molecule has 1 fully saturated rings. The van der Waals surface area contributed by atoms with Crippen molar-refractivity contribution in [1.82, 2.24) is 9.80 Å². The number of phenols is 1. The second-order valence-electron chi connectivity index (χ2n) is 12.5. The lowest BCUT2D eigenvalue weighted by Gasteiger charge is -2.50. The van der Waals surface area contributed by atoms with Crippen molar-refractivity contribution in [2.45, 2.75) is 43.6 Å². The number of aliphatic hydroxyl groups is 3. The summed E-state index contributed by atoms with van der Waals surface area (Å²) in [6.45, 7) is 2.07. The molecular formula is C33H35F3N4O8. The number of Topliss-reactive ketones (excluding diaryl/α,β-unsaturated/α-hetero) is 2. The van der Waals surface area contributed by atoms with Crippen molar-refractivity contribution in [2.75, 3.05) is 33.0 Å². The van der Waals surface area contributed by atoms with Crippen LogP contribution in [0.2, 0.25) is 0 Å². The van der Waals surface area contributed by atoms with Gasteiger partial charge in [0, 0.05) is 11.5 Å². The number of carbonyl (C=O) groups excluding carboxylic acids is 4. The van der Waals surface area contributed by atoms with Gasteiger partial charge < -0.3 is 31.5 Å². The van der Waals surface area contributed by atoms with Gasteiger partial charge in [0.2, 0.25) is 11.7 Å². The number of aliphatic hydroxyl groups excluding tert-OH is 2. The largest absolute Gasteiger partial charge is 0.508 e. The normalized spacial score (nSPS) is 24.8. The molecule has 0 radical (unpaired) electrons. The van der Waals surface area contributed by atoms with Crippen molar-refractivity contribution in [2.24, 2.45) is 17.6 Å². The highest BCUT2D eigenvalue weighted by Gasteiger charge is 2.64. The SMILES string of the molecule is CCN(C)C(C(=O)Nc1ccc2c(c1O)C(O)=C1C(=O)[C@]3(O)C(O)=C(C(N)=O)C(=O)[C@@H](N(C)C)C3CC1C2)c1ccc(C(F)(F)F)cc1. The van der Waals surface area contributed by atoms with Gasteiger partial charge in [0.1, 0.15) is 28.9 Å². The molecule has 0 heterocycles. The Hall–Kier alpha value is -4.73. The van der Waals surface area contributed by atoms with Crippen LogP contribution in [0.25, 0.3) is 5.76 Å². The number of phenolic OH excluding ortho intramolecular Hbond substituents is 1. The average Bonchev–Trinajstić information content (AvgIpc) is 2.99. The molecule has 5 rings (SSSR count). The van der Waals surface area contributed by atoms with E-state index in [0.717, 1.165) is 12.1 Å². The summed E-state index contributed by atoms with van der Waals surface area (Å²) < 4.78 is 39.4. The summed E-state index contributed by atoms with van der Waals surface area (Å²) in [7, 11) is 4.59. The fourth-order valence-corrected chi connectivity index (χ4v) is 7.16. The van der Waals surface area contributed by atoms with E-state index in [4.69, 9.17) is 5.73 Å². The molecule has 0 spiro atoms. The third kappa shape index (κ3) is 5.31. The number of carbonyl (C=O) groups is 4. The zero-order chi connectivity index (χ0) is 35.6. The second-order valence-corrected chi connectivity index (χ2v) is 12.5. The molecule has 7 N–H and O–H groups in total. The molecule has 3 unspecified atom stereocenters. The molecular weight excluding hydrogens is 637 g/mol. The summed E-state index contributed by atoms with van der Waals surface area (Å²) in [5.74, 6) is -8.65. The minimum absolute atomic E-state index is 0.0586. The fourth-order valence-electron chi connectivity index (χ4n) is 7.16. The van der Waals surface area contributed by atoms with Gasteiger partial charge in [-0.15, -0.1) is 0 Å². The highest BCUT2D eigenvalue weighted by molar-refractivity contribution is 6.24. The van der Waals surface area contributed by atoms with Crippen molar-refractivity contribution < 1.29 is 52.8 Å². The number of hydrogen-bond donors (Lipinski definition) is 6. The molecule has 48 heavy (non-hydrogen) atoms. The molecule has 0 saturated heterocycles. The number of halogens is 3. The first-order chi connectivity index (χ1) is 22.4. The average molecular weight is 673 g/mol. The van der Waals surface area contributed by atoms with E-state index >= 15 is 0 Å². The van der Waals surface area contributed by atoms with Crippen LogP contribution >= 0.6 is 0 Å². The predicted octanol–water partition coefficient (Wildman–Crippen LogP) is 2.61. The molecule has 5 atom stereocenters. The van der Waals surface area contributed by atoms with Crippen molar-refractivity contribution in [3.05, 3.63) is 75.6 Å². The number of nitrogens with zero attached hydrogens (tertiary/aromatic N) is 2. The van der Waals surface area contributed by atoms with Crippen LogP contribution in [-0.4, -0.2) is 92.9 Å². The van der Waals surface area contributed by atoms with E-state index < -0.39 is 87.5 Å². The molecule has 0 bridgehead atoms. The highest BCUT2D eigenvalue weighted by Crippen LogP contribution is 2.53. The first kappa shape index (κ1) is 34.6. The molecule has 3 aliphatic rings. The van der Waals surface area contributed by atoms with Crippen LogP contribution in [0.3, 0.4) is 0 Å². The summed E-state index contributed by atoms with van der Waals surface area (Å²) in [6, 6.07) is 4.68. The third-order valence-electron chi connectivity index (χ3n) is 9.59. The van der Waals surface area contributed by atoms with Gasteiger partial charge in [-0.2, -0.15) is 13.2 Å². The maximum atomic E-state index is 14.0. The summed E-state index contributed by atoms with van der Waals surface area (Å²) in [6.07, 6.45) is -4.60. The number of nitrogens with two attached hydrogens (primary N) is 1. The van der Waals surface area contributed by atoms with E-state index in [1.807, 2.05) is 0 Å². The Morgan fingerprint density at radius 1 is 1.06 bits per heavy atom. The van der Waals surface area contributed by atoms with Gasteiger partial charge in [0.05, 0.1) is 22.9 Å². The van der Waals surface area contributed by atoms with Crippen LogP contribution in [0.1, 0.15) is 41.6 Å². The number of nitrogens with one attached hydrogen (secondary N) is 1. The van der Waals surface area contributed by atoms with Gasteiger partial charge in [0.25, 0.3) is 5.91 Å². The molecule has 15 heteroatoms. The lowest BCUT2D eigenvalue weighted by molar-refractivity contribution is -0.153. The van der Waals surface area contributed by atoms with E-state index in [1.54, 1.807) is 18.9 Å². The number of aromatic hydroxyl groups is 1. The minimum Gasteiger partial charge on any atom is -0.508 e. The van der Waals surface area contributed by atoms with Crippen LogP contribution in [0.15, 0.2) is 53.3 Å². The van der Waals surface area contributed by atoms with E-state index in [9.17, 15) is 52.8 Å². The summed E-state index contributed by atoms with van der Waals surface area (Å²) in [5, 5.41) is 48.1. The summed E-state index contributed by atoms with van der Waals surface area (Å²) >= 11 is 0. The number of alkyl halides is 3. The van der Waals surface area contributed by atoms with Crippen LogP contribution in [-0.2, 0) is 31.8 Å². The zero-order valence-corrected chi connectivity index (χ0v) is 26.4. The van der Waals surface area contributed by atoms with Gasteiger partial charge in [0.15, 0.2) is 11.4 Å². The molecule has 256 valence electrons. The zero-order valence-electron chi connectivity index (χ0n) is 26.4. The maximum Gasteiger partial charge on any atom is 0.416 e. The van der Waals surface area contributed by atoms with Crippen LogP contribution in [0, 0.1) is 11.8 Å². The molecule has 2 aromatic rings. The Bertz CT molecular complexity index is 1790. The first-order valence-electron chi connectivity index (χ1n) is 15.0. The Morgan fingerprint density at radius 3 is 2.23 bits per heavy atom. The van der Waals surface area contributed by atoms with Gasteiger partial charge in [-0.25, -0.2) is 0 Å². The Morgan fingerprint density at radius 2 is 1.69 bits per heavy atom. The minimum atomic E-state index is -4.57. The Kier molecular flexibility index (Phi) is 8.69. The van der Waals surface area contributed by atoms with Crippen molar-refractivity contribution in [3.63, 3.8) is 0 Å². The lowest BCUT2D eigenvalue weighted by atomic mass is 9.57. The molecule has 0 aromatic heterocycles. The van der Waals surface area contributed by atoms with E-state index in [1.165, 1.54) is 43.3 Å². The third-order valence-corrected chi connectivity index (χ3v) is 9.59. The number of anilines is 1. The van der Waals surface area contributed by atoms with Crippen LogP contribution < -0.4 is 11.1 Å². The number of rotatable bonds is 7. The molecule has 2 amide bonds. The fraction of sp³-hybridized carbons (Fsp3) is 0.394. The van der Waals surface area contributed by atoms with E-state index in [-0.39, 0.29) is 35.2 Å². The van der Waals surface area contributed by atoms with Crippen LogP contribution in [0.5, 0.6) is 5.75 Å². The number of ketones is 2. The van der Waals surface area contributed by atoms with Crippen molar-refractivity contribution in [1.29, 1.82) is 0 Å². The second kappa shape index (κ2) is 12.1. The van der Waals surface area contributed by atoms with E-state index in [0.29, 0.717) is 12.1 Å². The summed E-state index contributed by atoms with van der Waals surface area (Å²) in [5.41, 5.74) is 0.599. The lowest BCUT2D eigenvalue weighted by Crippen LogP contribution is -2.65. The molecule has 12 nitrogen and oxygen atoms in total. The number of benzene rings is 2. The van der Waals surface area contributed by atoms with Gasteiger partial charge >= 0.3 is 6.18 Å². The van der Waals surface area contributed by atoms with Gasteiger partial charge in [-0.1, -0.05) is 25.1 Å². The monoisotopic (exact) mass is 672 g/mol. The Balaban J connectivity index is 1.54. The topological polar surface area (TPSA) is 194 Å². The van der Waals surface area contributed by atoms with E-state index in [2.05, 4.69) is 5.32 Å². The number of amides is 2. The number of primary amides is 1. The van der Waals surface area contributed by atoms with Gasteiger partial charge in [-0.05, 0) is 75.8 Å². The molecule has 2 aromatic carbocycles. The molecule has 3 aliphatic carbocycles. The van der Waals surface area contributed by atoms with Crippen molar-refractivity contribution >= 4 is 34.8 Å². The Labute approximate surface area is 272 Å². The smallest absolute Gasteiger partial charge is 0.416 e. The quantitative estimate of drug-likeness (QED) is 0.188. The number of hydrogen-bond acceptors (Lipinski definition) is 10. The number of likely N-dealkylation sites (N-methyl/N-ethyl adjacent to an activating group) is 2. The van der Waals surface area contributed by atoms with Crippen LogP contribution in [0.4, 0.5) is 18.9 Å². The number of fused-ring (bicyclic) bond motifs is 3. The summed E-state index contributed by atoms with van der Waals surface area (Å²) in [4.78, 5) is 55.9. The van der Waals surface area contributed by atoms with Crippen molar-refractivity contribution in [3.8, 4) is 5.75 Å². The standard InChI is InChI=1S/C33H35F3N4O8/c1-5-40(4)23(14-6-9-17(10-7-14)33(34,35)36)31(47)38-19-11-8-15-12-16-13-18-24(39(2)3)27(43)22(30(37)46)29(45)32(18,48)28(44)21(16)26(42)20(15)25(19)41/h6-11,16,18,23-24,41-42,45,48H,5,12-13H2,1-4H3,(H2,37,46)(H,38,47)/t16?,18?,23?,24-,32-/m0/s1. The first-order valence-corrected chi connectivity index (χ1v) is 15.0. The molecule has 1 saturated carbocycles. The highest BCUT2D eigenvalue weighted by atomic mass is 19.4. The predicted molar refractivity (Wildman–Crippen MR) is 165 cm³/mol. The van der Waals surface area contributed by atoms with Gasteiger partial charge in [-0.3, -0.25) is 29.0 Å².